The van der Waals surface area contributed by atoms with Crippen LogP contribution in [0, 0.1) is 46.3 Å². The van der Waals surface area contributed by atoms with E-state index in [4.69, 9.17) is 47.4 Å². The monoisotopic (exact) mass is 1060 g/mol. The van der Waals surface area contributed by atoms with E-state index < -0.39 is 189 Å². The summed E-state index contributed by atoms with van der Waals surface area (Å²) in [6.45, 7) is 7.36. The summed E-state index contributed by atoms with van der Waals surface area (Å²) < 4.78 is 62.3. The zero-order valence-corrected chi connectivity index (χ0v) is 42.2. The van der Waals surface area contributed by atoms with Crippen LogP contribution < -0.4 is 0 Å². The molecule has 6 heterocycles. The molecule has 0 radical (unpaired) electrons. The first-order valence-electron chi connectivity index (χ1n) is 26.4. The minimum absolute atomic E-state index is 0.00620. The predicted molar refractivity (Wildman–Crippen MR) is 245 cm³/mol. The van der Waals surface area contributed by atoms with E-state index in [1.165, 1.54) is 13.8 Å². The second-order valence-corrected chi connectivity index (χ2v) is 23.3. The largest absolute Gasteiger partial charge is 0.504 e. The molecule has 8 fully saturated rings. The van der Waals surface area contributed by atoms with Crippen molar-refractivity contribution in [2.45, 2.75) is 214 Å². The average Bonchev–Trinajstić information content (AvgIpc) is 3.85. The first-order chi connectivity index (χ1) is 35.0. The summed E-state index contributed by atoms with van der Waals surface area (Å²) in [5.74, 6) is -3.88. The van der Waals surface area contributed by atoms with E-state index in [1.54, 1.807) is 6.92 Å². The van der Waals surface area contributed by atoms with Gasteiger partial charge in [0.25, 0.3) is 0 Å². The van der Waals surface area contributed by atoms with Crippen molar-refractivity contribution >= 4 is 0 Å². The molecule has 5 saturated heterocycles. The van der Waals surface area contributed by atoms with Crippen LogP contribution in [0.15, 0.2) is 23.2 Å². The number of ether oxygens (including phenoxy) is 10. The minimum atomic E-state index is -1.85. The van der Waals surface area contributed by atoms with Gasteiger partial charge in [-0.3, -0.25) is 0 Å². The Morgan fingerprint density at radius 1 is 0.662 bits per heavy atom. The Labute approximate surface area is 427 Å². The molecule has 10 aliphatic rings. The van der Waals surface area contributed by atoms with Gasteiger partial charge in [-0.05, 0) is 69.1 Å². The van der Waals surface area contributed by atoms with Gasteiger partial charge in [0, 0.05) is 29.6 Å². The molecule has 24 nitrogen and oxygen atoms in total. The van der Waals surface area contributed by atoms with E-state index in [1.807, 2.05) is 0 Å². The number of hydrogen-bond acceptors (Lipinski definition) is 24. The fraction of sp³-hybridized carbons (Fsp3) is 0.920. The van der Waals surface area contributed by atoms with Crippen LogP contribution in [-0.2, 0) is 47.4 Å². The van der Waals surface area contributed by atoms with Crippen LogP contribution >= 0.6 is 0 Å². The van der Waals surface area contributed by atoms with Crippen molar-refractivity contribution in [2.24, 2.45) is 46.3 Å². The Bertz CT molecular complexity index is 2070. The Morgan fingerprint density at radius 2 is 1.31 bits per heavy atom. The SMILES string of the molecule is C[C@@H]1O[C@@H](O[C@H]2[C@H](O[C@@H]3C[C@H](O)CC4=CC[C@H]5[C@@H]6C[C@@H]7O[C@@]8(OC[C@H](C)C(O[C@@H]9O[C@H](C)[C@H](O)[C@H](O)[C@H]9O)=C8O)[C@@H](CO)[C@@H]7[C@@]6(C)CC[C@@H]5[C@]43C)O[C@H](CO)[C@@H](O)[C@@H]2O[C@@H]2OC[C@@H](O)[C@H](O)[C@H]2O)[C@H](O)[C@H](O)[C@H]1O. The summed E-state index contributed by atoms with van der Waals surface area (Å²) in [5.41, 5.74) is -0.310. The van der Waals surface area contributed by atoms with Crippen LogP contribution in [-0.4, -0.2) is 239 Å². The van der Waals surface area contributed by atoms with Crippen LogP contribution in [0.2, 0.25) is 0 Å². The number of rotatable bonds is 10. The molecular weight excluding hydrogens is 985 g/mol. The maximum atomic E-state index is 12.2. The molecule has 4 aliphatic carbocycles. The summed E-state index contributed by atoms with van der Waals surface area (Å²) in [6.07, 6.45) is -26.6. The van der Waals surface area contributed by atoms with Crippen LogP contribution in [0.4, 0.5) is 0 Å². The number of aliphatic hydroxyl groups is 14. The molecule has 422 valence electrons. The van der Waals surface area contributed by atoms with Crippen molar-refractivity contribution in [3.05, 3.63) is 23.2 Å². The van der Waals surface area contributed by atoms with Crippen LogP contribution in [0.5, 0.6) is 0 Å². The third-order valence-electron chi connectivity index (χ3n) is 19.2. The third kappa shape index (κ3) is 8.82. The van der Waals surface area contributed by atoms with E-state index in [9.17, 15) is 71.5 Å². The molecule has 0 aromatic carbocycles. The van der Waals surface area contributed by atoms with Crippen molar-refractivity contribution in [3.8, 4) is 0 Å². The third-order valence-corrected chi connectivity index (χ3v) is 19.2. The number of hydrogen-bond donors (Lipinski definition) is 14. The lowest BCUT2D eigenvalue weighted by molar-refractivity contribution is -0.393. The van der Waals surface area contributed by atoms with Crippen molar-refractivity contribution < 1.29 is 119 Å². The minimum Gasteiger partial charge on any atom is -0.504 e. The van der Waals surface area contributed by atoms with Gasteiger partial charge in [-0.2, -0.15) is 0 Å². The fourth-order valence-corrected chi connectivity index (χ4v) is 15.0. The predicted octanol–water partition coefficient (Wildman–Crippen LogP) is -3.37. The maximum absolute atomic E-state index is 12.2. The normalized spacial score (nSPS) is 56.5. The van der Waals surface area contributed by atoms with Crippen molar-refractivity contribution in [1.82, 2.24) is 0 Å². The Morgan fingerprint density at radius 3 is 1.99 bits per heavy atom. The van der Waals surface area contributed by atoms with Crippen molar-refractivity contribution in [1.29, 1.82) is 0 Å². The van der Waals surface area contributed by atoms with Crippen LogP contribution in [0.25, 0.3) is 0 Å². The molecule has 74 heavy (non-hydrogen) atoms. The summed E-state index contributed by atoms with van der Waals surface area (Å²) >= 11 is 0. The fourth-order valence-electron chi connectivity index (χ4n) is 15.0. The van der Waals surface area contributed by atoms with Gasteiger partial charge in [-0.25, -0.2) is 0 Å². The van der Waals surface area contributed by atoms with Gasteiger partial charge in [-0.1, -0.05) is 32.4 Å². The quantitative estimate of drug-likeness (QED) is 0.0950. The van der Waals surface area contributed by atoms with Gasteiger partial charge in [0.05, 0.1) is 56.9 Å². The topological polar surface area (TPSA) is 376 Å². The lowest BCUT2D eigenvalue weighted by Crippen LogP contribution is -2.67. The van der Waals surface area contributed by atoms with Gasteiger partial charge in [0.15, 0.2) is 24.6 Å². The zero-order valence-electron chi connectivity index (χ0n) is 42.2. The van der Waals surface area contributed by atoms with Gasteiger partial charge >= 0.3 is 0 Å². The molecule has 0 aromatic heterocycles. The van der Waals surface area contributed by atoms with E-state index in [0.29, 0.717) is 32.1 Å². The van der Waals surface area contributed by atoms with E-state index in [2.05, 4.69) is 19.9 Å². The lowest BCUT2D eigenvalue weighted by atomic mass is 9.46. The number of allylic oxidation sites excluding steroid dienone is 1. The van der Waals surface area contributed by atoms with Crippen molar-refractivity contribution in [3.63, 3.8) is 0 Å². The smallest absolute Gasteiger partial charge is 0.236 e. The number of fused-ring (bicyclic) bond motifs is 7. The first kappa shape index (κ1) is 55.5. The molecule has 0 unspecified atom stereocenters. The molecule has 3 saturated carbocycles. The summed E-state index contributed by atoms with van der Waals surface area (Å²) in [5, 5.41) is 153. The standard InChI is InChI=1S/C50H78O24/c1-17-15-66-50(43(64)40(17)71-45-38(62)35(59)31(55)18(2)67-45)25(13-51)30-27(74-50)12-24-22-7-6-20-10-21(53)11-29(49(20,5)23(22)8-9-48(24,30)4)70-47-42(73-46-39(63)36(60)32(56)19(3)68-46)41(34(58)28(14-52)69-47)72-44-37(61)33(57)26(54)16-65-44/h6,17-19,21-39,41-42,44-47,51-64H,7-16H2,1-5H3/t17-,18+,19-,21+,22+,23-,24-,25-,26+,27-,28+,29+,30-,31-,32-,33-,34+,35-,36+,37+,38+,39+,41-,42+,44-,45-,46-,47-,48-,49-,50-/m0/s1. The van der Waals surface area contributed by atoms with Crippen LogP contribution in [0.1, 0.15) is 73.1 Å². The molecular formula is C50H78O24. The van der Waals surface area contributed by atoms with Gasteiger partial charge in [0.2, 0.25) is 12.1 Å². The second-order valence-electron chi connectivity index (χ2n) is 23.3. The average molecular weight is 1060 g/mol. The van der Waals surface area contributed by atoms with Gasteiger partial charge in [-0.15, -0.1) is 0 Å². The Kier molecular flexibility index (Phi) is 15.5. The molecule has 0 amide bonds. The van der Waals surface area contributed by atoms with E-state index in [0.717, 1.165) is 5.57 Å². The molecule has 0 aromatic rings. The summed E-state index contributed by atoms with van der Waals surface area (Å²) in [4.78, 5) is 0. The highest BCUT2D eigenvalue weighted by molar-refractivity contribution is 5.30. The van der Waals surface area contributed by atoms with Crippen LogP contribution in [0.3, 0.4) is 0 Å². The van der Waals surface area contributed by atoms with E-state index >= 15 is 0 Å². The van der Waals surface area contributed by atoms with E-state index in [-0.39, 0.29) is 42.5 Å². The highest BCUT2D eigenvalue weighted by Crippen LogP contribution is 2.71. The summed E-state index contributed by atoms with van der Waals surface area (Å²) in [7, 11) is 0. The van der Waals surface area contributed by atoms with Gasteiger partial charge in [0.1, 0.15) is 85.1 Å². The highest BCUT2D eigenvalue weighted by atomic mass is 16.8. The molecule has 31 atom stereocenters. The number of aliphatic hydroxyl groups excluding tert-OH is 14. The Hall–Kier alpha value is -1.80. The van der Waals surface area contributed by atoms with Gasteiger partial charge < -0.3 is 119 Å². The van der Waals surface area contributed by atoms with Crippen molar-refractivity contribution in [2.75, 3.05) is 26.4 Å². The maximum Gasteiger partial charge on any atom is 0.236 e. The highest BCUT2D eigenvalue weighted by Gasteiger charge is 2.72. The zero-order chi connectivity index (χ0) is 53.2. The lowest BCUT2D eigenvalue weighted by Gasteiger charge is -2.60. The second kappa shape index (κ2) is 20.7. The Balaban J connectivity index is 0.935. The molecule has 10 rings (SSSR count). The molecule has 14 N–H and O–H groups in total. The first-order valence-corrected chi connectivity index (χ1v) is 26.4. The summed E-state index contributed by atoms with van der Waals surface area (Å²) in [6, 6.07) is 0. The molecule has 24 heteroatoms. The molecule has 0 bridgehead atoms. The molecule has 6 aliphatic heterocycles. The molecule has 1 spiro atoms.